The Bertz CT molecular complexity index is 242. The summed E-state index contributed by atoms with van der Waals surface area (Å²) in [5.41, 5.74) is 0.393. The van der Waals surface area contributed by atoms with Crippen molar-refractivity contribution in [1.82, 2.24) is 5.32 Å². The van der Waals surface area contributed by atoms with Crippen LogP contribution in [0.4, 0.5) is 0 Å². The maximum absolute atomic E-state index is 11.4. The van der Waals surface area contributed by atoms with Gasteiger partial charge in [-0.3, -0.25) is 4.79 Å². The van der Waals surface area contributed by atoms with E-state index in [-0.39, 0.29) is 5.91 Å². The van der Waals surface area contributed by atoms with E-state index in [1.807, 2.05) is 0 Å². The van der Waals surface area contributed by atoms with Gasteiger partial charge in [0.2, 0.25) is 5.91 Å². The quantitative estimate of drug-likeness (QED) is 0.784. The number of hydrogen-bond acceptors (Lipinski definition) is 1. The molecule has 0 bridgehead atoms. The fourth-order valence-corrected chi connectivity index (χ4v) is 3.00. The maximum atomic E-state index is 11.4. The molecule has 2 heteroatoms. The average Bonchev–Trinajstić information content (AvgIpc) is 1.96. The van der Waals surface area contributed by atoms with Crippen molar-refractivity contribution in [3.05, 3.63) is 0 Å². The molecular formula is C14H27NO. The van der Waals surface area contributed by atoms with Crippen molar-refractivity contribution in [1.29, 1.82) is 0 Å². The van der Waals surface area contributed by atoms with Crippen LogP contribution in [0.2, 0.25) is 0 Å². The van der Waals surface area contributed by atoms with Crippen LogP contribution in [-0.2, 0) is 4.79 Å². The molecule has 94 valence electrons. The lowest BCUT2D eigenvalue weighted by molar-refractivity contribution is -0.124. The molecule has 1 amide bonds. The van der Waals surface area contributed by atoms with Gasteiger partial charge in [-0.2, -0.15) is 0 Å². The summed E-state index contributed by atoms with van der Waals surface area (Å²) in [4.78, 5) is 11.4. The second-order valence-electron chi connectivity index (χ2n) is 6.92. The standard InChI is InChI=1S/C14H27NO/c1-10-6-12(15-13(16)8-10)7-11(2)9-14(3,4)5/h10-12H,6-9H2,1-5H3,(H,15,16). The summed E-state index contributed by atoms with van der Waals surface area (Å²) in [5.74, 6) is 1.49. The first-order valence-electron chi connectivity index (χ1n) is 6.55. The lowest BCUT2D eigenvalue weighted by Crippen LogP contribution is -2.42. The van der Waals surface area contributed by atoms with E-state index in [0.29, 0.717) is 29.7 Å². The van der Waals surface area contributed by atoms with Gasteiger partial charge in [0.05, 0.1) is 0 Å². The summed E-state index contributed by atoms with van der Waals surface area (Å²) in [7, 11) is 0. The molecule has 2 nitrogen and oxygen atoms in total. The number of piperidine rings is 1. The van der Waals surface area contributed by atoms with Crippen molar-refractivity contribution in [2.45, 2.75) is 66.3 Å². The van der Waals surface area contributed by atoms with Crippen molar-refractivity contribution in [2.75, 3.05) is 0 Å². The molecule has 1 heterocycles. The molecule has 3 atom stereocenters. The third-order valence-corrected chi connectivity index (χ3v) is 3.23. The molecule has 1 N–H and O–H groups in total. The Hall–Kier alpha value is -0.530. The molecule has 1 fully saturated rings. The normalized spacial score (nSPS) is 28.7. The molecule has 16 heavy (non-hydrogen) atoms. The molecule has 0 radical (unpaired) electrons. The second-order valence-corrected chi connectivity index (χ2v) is 6.92. The molecule has 0 aromatic carbocycles. The van der Waals surface area contributed by atoms with Crippen LogP contribution in [0.15, 0.2) is 0 Å². The maximum Gasteiger partial charge on any atom is 0.220 e. The van der Waals surface area contributed by atoms with Crippen LogP contribution in [-0.4, -0.2) is 11.9 Å². The fourth-order valence-electron chi connectivity index (χ4n) is 3.00. The van der Waals surface area contributed by atoms with Crippen molar-refractivity contribution < 1.29 is 4.79 Å². The Morgan fingerprint density at radius 3 is 2.56 bits per heavy atom. The summed E-state index contributed by atoms with van der Waals surface area (Å²) >= 11 is 0. The molecule has 0 saturated carbocycles. The smallest absolute Gasteiger partial charge is 0.220 e. The van der Waals surface area contributed by atoms with Gasteiger partial charge in [-0.15, -0.1) is 0 Å². The minimum Gasteiger partial charge on any atom is -0.353 e. The highest BCUT2D eigenvalue weighted by Gasteiger charge is 2.26. The van der Waals surface area contributed by atoms with E-state index in [1.165, 1.54) is 6.42 Å². The Balaban J connectivity index is 2.38. The van der Waals surface area contributed by atoms with Crippen molar-refractivity contribution in [3.8, 4) is 0 Å². The van der Waals surface area contributed by atoms with E-state index < -0.39 is 0 Å². The lowest BCUT2D eigenvalue weighted by Gasteiger charge is -2.31. The van der Waals surface area contributed by atoms with E-state index in [4.69, 9.17) is 0 Å². The van der Waals surface area contributed by atoms with Gasteiger partial charge in [0.1, 0.15) is 0 Å². The zero-order valence-corrected chi connectivity index (χ0v) is 11.5. The molecule has 1 aliphatic rings. The highest BCUT2D eigenvalue weighted by atomic mass is 16.1. The number of rotatable bonds is 3. The Kier molecular flexibility index (Phi) is 4.40. The van der Waals surface area contributed by atoms with E-state index in [2.05, 4.69) is 39.9 Å². The number of nitrogens with one attached hydrogen (secondary N) is 1. The van der Waals surface area contributed by atoms with Crippen molar-refractivity contribution >= 4 is 5.91 Å². The second kappa shape index (κ2) is 5.20. The van der Waals surface area contributed by atoms with Crippen molar-refractivity contribution in [2.24, 2.45) is 17.3 Å². The summed E-state index contributed by atoms with van der Waals surface area (Å²) in [6, 6.07) is 0.411. The van der Waals surface area contributed by atoms with E-state index in [1.54, 1.807) is 0 Å². The number of carbonyl (C=O) groups excluding carboxylic acids is 1. The number of hydrogen-bond donors (Lipinski definition) is 1. The van der Waals surface area contributed by atoms with Gasteiger partial charge in [-0.25, -0.2) is 0 Å². The van der Waals surface area contributed by atoms with Crippen LogP contribution in [0.1, 0.15) is 60.3 Å². The minimum absolute atomic E-state index is 0.242. The number of amides is 1. The van der Waals surface area contributed by atoms with Crippen LogP contribution in [0.5, 0.6) is 0 Å². The van der Waals surface area contributed by atoms with Gasteiger partial charge >= 0.3 is 0 Å². The Morgan fingerprint density at radius 1 is 1.44 bits per heavy atom. The zero-order valence-electron chi connectivity index (χ0n) is 11.5. The third-order valence-electron chi connectivity index (χ3n) is 3.23. The molecule has 1 saturated heterocycles. The first-order chi connectivity index (χ1) is 7.26. The predicted molar refractivity (Wildman–Crippen MR) is 68.2 cm³/mol. The topological polar surface area (TPSA) is 29.1 Å². The van der Waals surface area contributed by atoms with Crippen LogP contribution in [0, 0.1) is 17.3 Å². The monoisotopic (exact) mass is 225 g/mol. The Labute approximate surface area is 100 Å². The largest absolute Gasteiger partial charge is 0.353 e. The highest BCUT2D eigenvalue weighted by Crippen LogP contribution is 2.29. The van der Waals surface area contributed by atoms with E-state index in [0.717, 1.165) is 12.8 Å². The van der Waals surface area contributed by atoms with Crippen LogP contribution in [0.3, 0.4) is 0 Å². The Morgan fingerprint density at radius 2 is 2.06 bits per heavy atom. The first kappa shape index (κ1) is 13.5. The number of carbonyl (C=O) groups is 1. The summed E-state index contributed by atoms with van der Waals surface area (Å²) in [6.45, 7) is 11.3. The van der Waals surface area contributed by atoms with Gasteiger partial charge < -0.3 is 5.32 Å². The average molecular weight is 225 g/mol. The van der Waals surface area contributed by atoms with Crippen molar-refractivity contribution in [3.63, 3.8) is 0 Å². The van der Waals surface area contributed by atoms with Gasteiger partial charge in [-0.1, -0.05) is 34.6 Å². The molecular weight excluding hydrogens is 198 g/mol. The molecule has 1 aliphatic heterocycles. The van der Waals surface area contributed by atoms with E-state index in [9.17, 15) is 4.79 Å². The molecule has 0 spiro atoms. The molecule has 0 aliphatic carbocycles. The summed E-state index contributed by atoms with van der Waals surface area (Å²) in [5, 5.41) is 3.12. The van der Waals surface area contributed by atoms with Crippen LogP contribution < -0.4 is 5.32 Å². The van der Waals surface area contributed by atoms with Gasteiger partial charge in [0.25, 0.3) is 0 Å². The molecule has 0 aromatic rings. The fraction of sp³-hybridized carbons (Fsp3) is 0.929. The first-order valence-corrected chi connectivity index (χ1v) is 6.55. The van der Waals surface area contributed by atoms with Gasteiger partial charge in [-0.05, 0) is 36.5 Å². The molecule has 0 aromatic heterocycles. The van der Waals surface area contributed by atoms with E-state index >= 15 is 0 Å². The highest BCUT2D eigenvalue weighted by molar-refractivity contribution is 5.77. The lowest BCUT2D eigenvalue weighted by atomic mass is 9.81. The zero-order chi connectivity index (χ0) is 12.3. The predicted octanol–water partition coefficient (Wildman–Crippen LogP) is 3.36. The third kappa shape index (κ3) is 5.00. The van der Waals surface area contributed by atoms with Crippen LogP contribution >= 0.6 is 0 Å². The molecule has 3 unspecified atom stereocenters. The van der Waals surface area contributed by atoms with Crippen LogP contribution in [0.25, 0.3) is 0 Å². The molecule has 1 rings (SSSR count). The SMILES string of the molecule is CC1CC(=O)NC(CC(C)CC(C)(C)C)C1. The summed E-state index contributed by atoms with van der Waals surface area (Å²) < 4.78 is 0. The van der Waals surface area contributed by atoms with Gasteiger partial charge in [0, 0.05) is 12.5 Å². The summed E-state index contributed by atoms with van der Waals surface area (Å²) in [6.07, 6.45) is 4.23. The van der Waals surface area contributed by atoms with Gasteiger partial charge in [0.15, 0.2) is 0 Å². The minimum atomic E-state index is 0.242.